The number of halogens is 3. The van der Waals surface area contributed by atoms with E-state index in [9.17, 15) is 45.9 Å². The van der Waals surface area contributed by atoms with Crippen LogP contribution in [-0.4, -0.2) is 71.0 Å². The first-order valence-corrected chi connectivity index (χ1v) is 12.8. The number of phenols is 1. The third-order valence-electron chi connectivity index (χ3n) is 5.05. The van der Waals surface area contributed by atoms with E-state index in [1.54, 1.807) is 6.07 Å². The topological polar surface area (TPSA) is 169 Å². The maximum absolute atomic E-state index is 12.4. The molecule has 0 aliphatic carbocycles. The Morgan fingerprint density at radius 1 is 0.721 bits per heavy atom. The van der Waals surface area contributed by atoms with Crippen LogP contribution in [0.2, 0.25) is 0 Å². The van der Waals surface area contributed by atoms with Crippen molar-refractivity contribution in [3.63, 3.8) is 0 Å². The minimum absolute atomic E-state index is 0. The molecule has 16 heteroatoms. The molecule has 12 nitrogen and oxygen atoms in total. The molecule has 0 atom stereocenters. The van der Waals surface area contributed by atoms with Crippen molar-refractivity contribution < 1.29 is 69.0 Å². The van der Waals surface area contributed by atoms with Crippen molar-refractivity contribution >= 4 is 33.6 Å². The van der Waals surface area contributed by atoms with E-state index in [0.717, 1.165) is 19.2 Å². The molecule has 2 aromatic carbocycles. The lowest BCUT2D eigenvalue weighted by Gasteiger charge is -2.13. The van der Waals surface area contributed by atoms with Crippen molar-refractivity contribution in [2.75, 3.05) is 28.4 Å². The summed E-state index contributed by atoms with van der Waals surface area (Å²) in [4.78, 5) is 45.6. The lowest BCUT2D eigenvalue weighted by atomic mass is 10.1. The molecule has 0 heterocycles. The summed E-state index contributed by atoms with van der Waals surface area (Å²) < 4.78 is 82.1. The van der Waals surface area contributed by atoms with E-state index in [4.69, 9.17) is 9.47 Å². The van der Waals surface area contributed by atoms with E-state index in [-0.39, 0.29) is 57.0 Å². The first kappa shape index (κ1) is 40.8. The highest BCUT2D eigenvalue weighted by Crippen LogP contribution is 2.32. The normalized spacial score (nSPS) is 10.4. The predicted molar refractivity (Wildman–Crippen MR) is 148 cm³/mol. The van der Waals surface area contributed by atoms with Gasteiger partial charge in [-0.25, -0.2) is 0 Å². The molecule has 242 valence electrons. The fourth-order valence-corrected chi connectivity index (χ4v) is 3.34. The molecule has 1 N–H and O–H groups in total. The van der Waals surface area contributed by atoms with Gasteiger partial charge in [-0.1, -0.05) is 14.9 Å². The zero-order valence-corrected chi connectivity index (χ0v) is 23.1. The number of carbonyl (C=O) groups excluding carboxylic acids is 4. The second-order valence-electron chi connectivity index (χ2n) is 7.73. The Morgan fingerprint density at radius 2 is 1.14 bits per heavy atom. The number of hydrogen-bond donors (Lipinski definition) is 1. The van der Waals surface area contributed by atoms with Crippen molar-refractivity contribution in [2.24, 2.45) is 0 Å². The maximum Gasteiger partial charge on any atom is 0.534 e. The van der Waals surface area contributed by atoms with Crippen LogP contribution in [-0.2, 0) is 29.2 Å². The number of hydrogen-bond acceptors (Lipinski definition) is 12. The number of ketones is 2. The molecule has 2 aromatic rings. The Morgan fingerprint density at radius 3 is 1.53 bits per heavy atom. The molecule has 0 fully saturated rings. The molecular weight excluding hydrogens is 605 g/mol. The maximum atomic E-state index is 12.4. The van der Waals surface area contributed by atoms with Gasteiger partial charge in [0.2, 0.25) is 0 Å². The molecule has 0 amide bonds. The van der Waals surface area contributed by atoms with Crippen molar-refractivity contribution in [1.29, 1.82) is 0 Å². The Bertz CT molecular complexity index is 1360. The number of rotatable bonds is 12. The van der Waals surface area contributed by atoms with Gasteiger partial charge in [0.05, 0.1) is 52.4 Å². The average Bonchev–Trinajstić information content (AvgIpc) is 2.93. The van der Waals surface area contributed by atoms with Gasteiger partial charge in [-0.2, -0.15) is 21.6 Å². The lowest BCUT2D eigenvalue weighted by molar-refractivity contribution is -0.141. The van der Waals surface area contributed by atoms with Crippen LogP contribution >= 0.6 is 0 Å². The molecule has 43 heavy (non-hydrogen) atoms. The predicted octanol–water partition coefficient (Wildman–Crippen LogP) is 4.87. The highest BCUT2D eigenvalue weighted by atomic mass is 32.2. The molecule has 0 saturated heterocycles. The van der Waals surface area contributed by atoms with Gasteiger partial charge in [-0.05, 0) is 24.3 Å². The zero-order valence-electron chi connectivity index (χ0n) is 22.3. The quantitative estimate of drug-likeness (QED) is 0.145. The van der Waals surface area contributed by atoms with Gasteiger partial charge in [0.15, 0.2) is 17.3 Å². The summed E-state index contributed by atoms with van der Waals surface area (Å²) in [5.74, 6) is -2.82. The lowest BCUT2D eigenvalue weighted by Crippen LogP contribution is -2.28. The Kier molecular flexibility index (Phi) is 17.3. The molecule has 0 spiro atoms. The van der Waals surface area contributed by atoms with E-state index in [1.807, 2.05) is 0 Å². The highest BCUT2D eigenvalue weighted by Gasteiger charge is 2.49. The van der Waals surface area contributed by atoms with Gasteiger partial charge in [-0.15, -0.1) is 0 Å². The summed E-state index contributed by atoms with van der Waals surface area (Å²) in [6.45, 7) is 0. The molecule has 0 unspecified atom stereocenters. The van der Waals surface area contributed by atoms with Crippen molar-refractivity contribution in [1.82, 2.24) is 0 Å². The minimum Gasteiger partial charge on any atom is -0.507 e. The van der Waals surface area contributed by atoms with Crippen LogP contribution in [0.4, 0.5) is 13.2 Å². The summed E-state index contributed by atoms with van der Waals surface area (Å²) in [5, 5.41) is 9.60. The largest absolute Gasteiger partial charge is 0.534 e. The summed E-state index contributed by atoms with van der Waals surface area (Å²) in [6.07, 6.45) is -0.721. The van der Waals surface area contributed by atoms with Gasteiger partial charge in [0, 0.05) is 25.0 Å². The van der Waals surface area contributed by atoms with E-state index in [2.05, 4.69) is 13.7 Å². The van der Waals surface area contributed by atoms with Crippen LogP contribution in [0, 0.1) is 0 Å². The Labute approximate surface area is 247 Å². The third-order valence-corrected chi connectivity index (χ3v) is 6.01. The van der Waals surface area contributed by atoms with Crippen molar-refractivity contribution in [3.8, 4) is 23.0 Å². The number of carbonyl (C=O) groups is 4. The fourth-order valence-electron chi connectivity index (χ4n) is 2.87. The fraction of sp³-hybridized carbons (Fsp3) is 0.407. The van der Waals surface area contributed by atoms with Crippen LogP contribution in [0.5, 0.6) is 23.0 Å². The van der Waals surface area contributed by atoms with E-state index in [1.165, 1.54) is 39.5 Å². The SMILES string of the molecule is C.C.COC(=O)CCC(=O)c1ccc(OC)cc1O.COC(=O)CCC(=O)c1ccc(OC)cc1OS(=O)(=O)C(F)(F)F. The number of aromatic hydroxyl groups is 1. The molecular formula is C27H35F3O12S. The smallest absolute Gasteiger partial charge is 0.507 e. The minimum atomic E-state index is -5.97. The number of Topliss-reactive ketones (excluding diaryl/α,β-unsaturated/α-hetero) is 2. The number of alkyl halides is 3. The second-order valence-corrected chi connectivity index (χ2v) is 9.26. The summed E-state index contributed by atoms with van der Waals surface area (Å²) >= 11 is 0. The monoisotopic (exact) mass is 640 g/mol. The standard InChI is InChI=1S/C13H13F3O7S.C12H14O5.2CH4/c1-21-8-3-4-9(10(17)5-6-12(18)22-2)11(7-8)23-24(19,20)13(14,15)16;1-16-8-3-4-9(11(14)7-8)10(13)5-6-12(15)17-2;;/h3-4,7H,5-6H2,1-2H3;3-4,7,14H,5-6H2,1-2H3;2*1H4. The van der Waals surface area contributed by atoms with Crippen LogP contribution in [0.25, 0.3) is 0 Å². The van der Waals surface area contributed by atoms with Gasteiger partial charge in [0.1, 0.15) is 17.2 Å². The highest BCUT2D eigenvalue weighted by molar-refractivity contribution is 7.88. The van der Waals surface area contributed by atoms with Crippen molar-refractivity contribution in [3.05, 3.63) is 47.5 Å². The number of ether oxygens (including phenoxy) is 4. The van der Waals surface area contributed by atoms with Gasteiger partial charge in [-0.3, -0.25) is 19.2 Å². The zero-order chi connectivity index (χ0) is 31.4. The Hall–Kier alpha value is -4.34. The Balaban J connectivity index is 0. The van der Waals surface area contributed by atoms with Crippen LogP contribution in [0.15, 0.2) is 36.4 Å². The van der Waals surface area contributed by atoms with E-state index < -0.39 is 51.1 Å². The molecule has 0 aliphatic heterocycles. The van der Waals surface area contributed by atoms with Gasteiger partial charge >= 0.3 is 27.6 Å². The number of benzene rings is 2. The van der Waals surface area contributed by atoms with Crippen LogP contribution in [0.1, 0.15) is 61.3 Å². The van der Waals surface area contributed by atoms with Crippen molar-refractivity contribution in [2.45, 2.75) is 46.0 Å². The second kappa shape index (κ2) is 18.3. The number of methoxy groups -OCH3 is 4. The summed E-state index contributed by atoms with van der Waals surface area (Å²) in [6, 6.07) is 7.50. The molecule has 0 saturated carbocycles. The summed E-state index contributed by atoms with van der Waals surface area (Å²) in [7, 11) is -0.947. The van der Waals surface area contributed by atoms with E-state index in [0.29, 0.717) is 5.75 Å². The third kappa shape index (κ3) is 12.6. The van der Waals surface area contributed by atoms with E-state index >= 15 is 0 Å². The van der Waals surface area contributed by atoms with Crippen LogP contribution < -0.4 is 13.7 Å². The molecule has 0 aliphatic rings. The van der Waals surface area contributed by atoms with Gasteiger partial charge < -0.3 is 28.2 Å². The summed E-state index contributed by atoms with van der Waals surface area (Å²) in [5.41, 5.74) is -5.93. The van der Waals surface area contributed by atoms with Gasteiger partial charge in [0.25, 0.3) is 0 Å². The first-order valence-electron chi connectivity index (χ1n) is 11.4. The molecule has 2 rings (SSSR count). The molecule has 0 bridgehead atoms. The molecule has 0 aromatic heterocycles. The molecule has 0 radical (unpaired) electrons. The number of phenolic OH excluding ortho intramolecular Hbond substituents is 1. The number of esters is 2. The van der Waals surface area contributed by atoms with Crippen LogP contribution in [0.3, 0.4) is 0 Å². The first-order chi connectivity index (χ1) is 19.1. The average molecular weight is 641 g/mol.